The molecule has 0 bridgehead atoms. The number of aliphatic hydroxyl groups is 1. The van der Waals surface area contributed by atoms with E-state index in [1.165, 1.54) is 4.31 Å². The molecule has 1 saturated carbocycles. The molecular weight excluding hydrogens is 538 g/mol. The summed E-state index contributed by atoms with van der Waals surface area (Å²) in [6.45, 7) is 7.17. The fraction of sp³-hybridized carbons (Fsp3) is 0.562. The number of sulfonamides is 1. The lowest BCUT2D eigenvalue weighted by Gasteiger charge is -2.41. The number of alkyl carbamates (subject to hydrolysis) is 1. The van der Waals surface area contributed by atoms with Crippen molar-refractivity contribution < 1.29 is 23.1 Å². The molecule has 8 nitrogen and oxygen atoms in total. The molecule has 1 aliphatic carbocycles. The molecule has 2 N–H and O–H groups in total. The average Bonchev–Trinajstić information content (AvgIpc) is 2.91. The van der Waals surface area contributed by atoms with Gasteiger partial charge in [0.15, 0.2) is 0 Å². The number of amides is 1. The molecule has 9 heteroatoms. The molecule has 1 unspecified atom stereocenters. The second-order valence-corrected chi connectivity index (χ2v) is 14.3. The van der Waals surface area contributed by atoms with E-state index in [9.17, 15) is 23.6 Å². The van der Waals surface area contributed by atoms with Gasteiger partial charge in [-0.15, -0.1) is 0 Å². The first-order valence-electron chi connectivity index (χ1n) is 14.5. The predicted molar refractivity (Wildman–Crippen MR) is 160 cm³/mol. The highest BCUT2D eigenvalue weighted by molar-refractivity contribution is 7.89. The molecule has 1 aliphatic rings. The summed E-state index contributed by atoms with van der Waals surface area (Å²) in [7, 11) is -3.99. The number of hydrogen-bond acceptors (Lipinski definition) is 6. The standard InChI is InChI=1S/C32H45N3O5S/c1-25-14-16-27(17-15-25)41(38,39)35(24-32(20-11-21-33)18-9-6-10-19-32)23-29(36)28(22-26-12-7-5-8-13-26)34-30(37)40-31(2,3)4/h5,7-8,12-17,28-29,36H,6,9-11,18-20,22-24H2,1-4H3,(H,34,37)/t28-,29?/m0/s1. The third-order valence-electron chi connectivity index (χ3n) is 7.71. The Labute approximate surface area is 245 Å². The maximum atomic E-state index is 14.1. The zero-order valence-electron chi connectivity index (χ0n) is 24.8. The summed E-state index contributed by atoms with van der Waals surface area (Å²) in [4.78, 5) is 12.9. The van der Waals surface area contributed by atoms with Crippen LogP contribution in [0, 0.1) is 23.7 Å². The normalized spacial score (nSPS) is 16.9. The second kappa shape index (κ2) is 14.3. The molecule has 0 heterocycles. The molecule has 1 fully saturated rings. The topological polar surface area (TPSA) is 120 Å². The summed E-state index contributed by atoms with van der Waals surface area (Å²) >= 11 is 0. The minimum absolute atomic E-state index is 0.154. The number of hydrogen-bond donors (Lipinski definition) is 2. The summed E-state index contributed by atoms with van der Waals surface area (Å²) < 4.78 is 35.0. The van der Waals surface area contributed by atoms with E-state index in [4.69, 9.17) is 4.74 Å². The summed E-state index contributed by atoms with van der Waals surface area (Å²) in [5.74, 6) is 0. The Kier molecular flexibility index (Phi) is 11.4. The van der Waals surface area contributed by atoms with Gasteiger partial charge in [0.25, 0.3) is 0 Å². The van der Waals surface area contributed by atoms with E-state index in [1.54, 1.807) is 45.0 Å². The van der Waals surface area contributed by atoms with E-state index in [2.05, 4.69) is 11.4 Å². The fourth-order valence-electron chi connectivity index (χ4n) is 5.54. The molecule has 0 aromatic heterocycles. The Morgan fingerprint density at radius 1 is 1.10 bits per heavy atom. The first-order chi connectivity index (χ1) is 19.3. The van der Waals surface area contributed by atoms with E-state index < -0.39 is 33.9 Å². The third kappa shape index (κ3) is 9.84. The van der Waals surface area contributed by atoms with E-state index in [0.717, 1.165) is 43.2 Å². The predicted octanol–water partition coefficient (Wildman–Crippen LogP) is 5.74. The Morgan fingerprint density at radius 2 is 1.73 bits per heavy atom. The van der Waals surface area contributed by atoms with Gasteiger partial charge in [-0.05, 0) is 76.5 Å². The van der Waals surface area contributed by atoms with Gasteiger partial charge in [-0.1, -0.05) is 67.3 Å². The summed E-state index contributed by atoms with van der Waals surface area (Å²) in [6, 6.07) is 17.6. The number of nitriles is 1. The Balaban J connectivity index is 1.96. The average molecular weight is 584 g/mol. The van der Waals surface area contributed by atoms with Gasteiger partial charge >= 0.3 is 6.09 Å². The number of benzene rings is 2. The van der Waals surface area contributed by atoms with Crippen LogP contribution < -0.4 is 5.32 Å². The van der Waals surface area contributed by atoms with Gasteiger partial charge in [0, 0.05) is 19.5 Å². The van der Waals surface area contributed by atoms with Gasteiger partial charge in [0.2, 0.25) is 10.0 Å². The van der Waals surface area contributed by atoms with E-state index in [0.29, 0.717) is 19.3 Å². The molecule has 2 atom stereocenters. The molecule has 2 aromatic rings. The van der Waals surface area contributed by atoms with Crippen LogP contribution in [0.3, 0.4) is 0 Å². The molecule has 3 rings (SSSR count). The van der Waals surface area contributed by atoms with Crippen LogP contribution in [0.5, 0.6) is 0 Å². The number of carbonyl (C=O) groups is 1. The number of aliphatic hydroxyl groups excluding tert-OH is 1. The Bertz CT molecular complexity index is 1260. The largest absolute Gasteiger partial charge is 0.444 e. The lowest BCUT2D eigenvalue weighted by molar-refractivity contribution is 0.0376. The fourth-order valence-corrected chi connectivity index (χ4v) is 7.11. The lowest BCUT2D eigenvalue weighted by atomic mass is 9.71. The Morgan fingerprint density at radius 3 is 2.32 bits per heavy atom. The number of rotatable bonds is 12. The molecule has 41 heavy (non-hydrogen) atoms. The van der Waals surface area contributed by atoms with E-state index >= 15 is 0 Å². The summed E-state index contributed by atoms with van der Waals surface area (Å²) in [5.41, 5.74) is 0.747. The number of nitrogens with zero attached hydrogens (tertiary/aromatic N) is 2. The van der Waals surface area contributed by atoms with Crippen LogP contribution in [0.4, 0.5) is 4.79 Å². The molecule has 0 aliphatic heterocycles. The van der Waals surface area contributed by atoms with Gasteiger partial charge < -0.3 is 15.2 Å². The van der Waals surface area contributed by atoms with Crippen molar-refractivity contribution in [1.82, 2.24) is 9.62 Å². The smallest absolute Gasteiger partial charge is 0.407 e. The monoisotopic (exact) mass is 583 g/mol. The number of carbonyl (C=O) groups excluding carboxylic acids is 1. The van der Waals surface area contributed by atoms with Crippen LogP contribution in [-0.4, -0.2) is 54.8 Å². The highest BCUT2D eigenvalue weighted by Crippen LogP contribution is 2.42. The van der Waals surface area contributed by atoms with Gasteiger partial charge in [0.05, 0.1) is 23.1 Å². The molecule has 2 aromatic carbocycles. The van der Waals surface area contributed by atoms with Crippen molar-refractivity contribution in [3.05, 3.63) is 65.7 Å². The van der Waals surface area contributed by atoms with Crippen molar-refractivity contribution >= 4 is 16.1 Å². The maximum absolute atomic E-state index is 14.1. The SMILES string of the molecule is Cc1ccc(S(=O)(=O)N(CC(O)[C@H](Cc2ccccc2)NC(=O)OC(C)(C)C)CC2(CCC#N)CCCCC2)cc1. The second-order valence-electron chi connectivity index (χ2n) is 12.3. The van der Waals surface area contributed by atoms with Gasteiger partial charge in [-0.2, -0.15) is 9.57 Å². The first-order valence-corrected chi connectivity index (χ1v) is 15.9. The summed E-state index contributed by atoms with van der Waals surface area (Å²) in [5, 5.41) is 23.8. The zero-order chi connectivity index (χ0) is 30.1. The van der Waals surface area contributed by atoms with E-state index in [1.807, 2.05) is 37.3 Å². The van der Waals surface area contributed by atoms with Crippen LogP contribution in [0.1, 0.15) is 76.8 Å². The first kappa shape index (κ1) is 32.6. The van der Waals surface area contributed by atoms with Crippen LogP contribution in [0.2, 0.25) is 0 Å². The molecule has 0 spiro atoms. The van der Waals surface area contributed by atoms with Crippen molar-refractivity contribution in [1.29, 1.82) is 5.26 Å². The number of ether oxygens (including phenoxy) is 1. The number of nitrogens with one attached hydrogen (secondary N) is 1. The molecule has 224 valence electrons. The zero-order valence-corrected chi connectivity index (χ0v) is 25.6. The van der Waals surface area contributed by atoms with Crippen molar-refractivity contribution in [2.24, 2.45) is 5.41 Å². The minimum Gasteiger partial charge on any atom is -0.444 e. The summed E-state index contributed by atoms with van der Waals surface area (Å²) in [6.07, 6.45) is 4.03. The van der Waals surface area contributed by atoms with Gasteiger partial charge in [-0.3, -0.25) is 0 Å². The van der Waals surface area contributed by atoms with Gasteiger partial charge in [-0.25, -0.2) is 13.2 Å². The molecule has 0 saturated heterocycles. The molecular formula is C32H45N3O5S. The maximum Gasteiger partial charge on any atom is 0.407 e. The quantitative estimate of drug-likeness (QED) is 0.329. The van der Waals surface area contributed by atoms with Crippen molar-refractivity contribution in [2.45, 2.75) is 102 Å². The van der Waals surface area contributed by atoms with Crippen molar-refractivity contribution in [2.75, 3.05) is 13.1 Å². The van der Waals surface area contributed by atoms with Crippen LogP contribution in [0.25, 0.3) is 0 Å². The lowest BCUT2D eigenvalue weighted by Crippen LogP contribution is -2.53. The molecule has 0 radical (unpaired) electrons. The third-order valence-corrected chi connectivity index (χ3v) is 9.53. The van der Waals surface area contributed by atoms with Crippen LogP contribution >= 0.6 is 0 Å². The minimum atomic E-state index is -3.99. The van der Waals surface area contributed by atoms with Crippen molar-refractivity contribution in [3.8, 4) is 6.07 Å². The van der Waals surface area contributed by atoms with Crippen LogP contribution in [-0.2, 0) is 21.2 Å². The van der Waals surface area contributed by atoms with Crippen molar-refractivity contribution in [3.63, 3.8) is 0 Å². The highest BCUT2D eigenvalue weighted by atomic mass is 32.2. The molecule has 1 amide bonds. The van der Waals surface area contributed by atoms with Gasteiger partial charge in [0.1, 0.15) is 5.60 Å². The highest BCUT2D eigenvalue weighted by Gasteiger charge is 2.39. The van der Waals surface area contributed by atoms with Crippen LogP contribution in [0.15, 0.2) is 59.5 Å². The number of aryl methyl sites for hydroxylation is 1. The van der Waals surface area contributed by atoms with E-state index in [-0.39, 0.29) is 23.4 Å². The Hall–Kier alpha value is -2.93.